The van der Waals surface area contributed by atoms with Crippen LogP contribution in [0.2, 0.25) is 15.1 Å². The SMILES string of the molecule is Nn1c(SCCOc2cccc(Cl)c2)nnc1-c1cc(Cl)ccc1Cl. The first-order valence-corrected chi connectivity index (χ1v) is 9.33. The van der Waals surface area contributed by atoms with Gasteiger partial charge in [-0.15, -0.1) is 10.2 Å². The number of thioether (sulfide) groups is 1. The van der Waals surface area contributed by atoms with E-state index in [4.69, 9.17) is 45.4 Å². The summed E-state index contributed by atoms with van der Waals surface area (Å²) in [7, 11) is 0. The molecule has 1 aromatic heterocycles. The summed E-state index contributed by atoms with van der Waals surface area (Å²) in [4.78, 5) is 0. The van der Waals surface area contributed by atoms with Crippen LogP contribution in [0.15, 0.2) is 47.6 Å². The molecule has 0 aliphatic carbocycles. The number of nitrogen functional groups attached to an aromatic ring is 1. The van der Waals surface area contributed by atoms with Gasteiger partial charge in [0.25, 0.3) is 0 Å². The maximum absolute atomic E-state index is 6.19. The standard InChI is InChI=1S/C16H13Cl3N4OS/c17-10-2-1-3-12(8-10)24-6-7-25-16-22-21-15(23(16)20)13-9-11(18)4-5-14(13)19/h1-5,8-9H,6-7,20H2. The Labute approximate surface area is 164 Å². The lowest BCUT2D eigenvalue weighted by Gasteiger charge is -2.07. The van der Waals surface area contributed by atoms with Gasteiger partial charge in [-0.1, -0.05) is 52.6 Å². The number of halogens is 3. The van der Waals surface area contributed by atoms with Crippen LogP contribution in [0.3, 0.4) is 0 Å². The van der Waals surface area contributed by atoms with Crippen molar-refractivity contribution >= 4 is 46.6 Å². The van der Waals surface area contributed by atoms with Crippen LogP contribution in [0, 0.1) is 0 Å². The van der Waals surface area contributed by atoms with Gasteiger partial charge in [0.15, 0.2) is 5.82 Å². The van der Waals surface area contributed by atoms with Crippen LogP contribution in [0.25, 0.3) is 11.4 Å². The van der Waals surface area contributed by atoms with Gasteiger partial charge in [0.1, 0.15) is 5.75 Å². The Bertz CT molecular complexity index is 888. The van der Waals surface area contributed by atoms with Gasteiger partial charge in [0, 0.05) is 21.4 Å². The Morgan fingerprint density at radius 1 is 1.04 bits per heavy atom. The van der Waals surface area contributed by atoms with Crippen molar-refractivity contribution in [3.05, 3.63) is 57.5 Å². The Hall–Kier alpha value is -1.60. The highest BCUT2D eigenvalue weighted by molar-refractivity contribution is 7.99. The third kappa shape index (κ3) is 4.52. The number of nitrogens with zero attached hydrogens (tertiary/aromatic N) is 3. The van der Waals surface area contributed by atoms with Crippen molar-refractivity contribution in [1.29, 1.82) is 0 Å². The Morgan fingerprint density at radius 2 is 1.84 bits per heavy atom. The summed E-state index contributed by atoms with van der Waals surface area (Å²) in [5.41, 5.74) is 0.631. The molecule has 0 saturated carbocycles. The number of nitrogens with two attached hydrogens (primary N) is 1. The van der Waals surface area contributed by atoms with Crippen LogP contribution in [0.5, 0.6) is 5.75 Å². The van der Waals surface area contributed by atoms with Crippen molar-refractivity contribution in [2.75, 3.05) is 18.2 Å². The summed E-state index contributed by atoms with van der Waals surface area (Å²) >= 11 is 19.5. The lowest BCUT2D eigenvalue weighted by molar-refractivity contribution is 0.344. The molecule has 9 heteroatoms. The molecule has 0 bridgehead atoms. The van der Waals surface area contributed by atoms with E-state index in [2.05, 4.69) is 10.2 Å². The highest BCUT2D eigenvalue weighted by Gasteiger charge is 2.15. The molecule has 130 valence electrons. The van der Waals surface area contributed by atoms with Crippen LogP contribution in [0.1, 0.15) is 0 Å². The molecule has 0 aliphatic heterocycles. The van der Waals surface area contributed by atoms with E-state index in [9.17, 15) is 0 Å². The minimum absolute atomic E-state index is 0.450. The average Bonchev–Trinajstić information content (AvgIpc) is 2.95. The molecule has 1 heterocycles. The molecule has 3 rings (SSSR count). The summed E-state index contributed by atoms with van der Waals surface area (Å²) in [6.07, 6.45) is 0. The van der Waals surface area contributed by atoms with E-state index in [1.807, 2.05) is 12.1 Å². The largest absolute Gasteiger partial charge is 0.493 e. The number of rotatable bonds is 6. The quantitative estimate of drug-likeness (QED) is 0.356. The highest BCUT2D eigenvalue weighted by Crippen LogP contribution is 2.30. The molecular formula is C16H13Cl3N4OS. The summed E-state index contributed by atoms with van der Waals surface area (Å²) in [6, 6.07) is 12.3. The third-order valence-electron chi connectivity index (χ3n) is 3.21. The third-order valence-corrected chi connectivity index (χ3v) is 4.92. The van der Waals surface area contributed by atoms with E-state index in [1.165, 1.54) is 16.4 Å². The molecule has 2 aromatic carbocycles. The number of ether oxygens (including phenoxy) is 1. The van der Waals surface area contributed by atoms with E-state index < -0.39 is 0 Å². The fourth-order valence-electron chi connectivity index (χ4n) is 2.08. The van der Waals surface area contributed by atoms with Gasteiger partial charge >= 0.3 is 0 Å². The van der Waals surface area contributed by atoms with Gasteiger partial charge in [0.2, 0.25) is 5.16 Å². The zero-order chi connectivity index (χ0) is 17.8. The fourth-order valence-corrected chi connectivity index (χ4v) is 3.31. The molecule has 0 amide bonds. The van der Waals surface area contributed by atoms with Crippen LogP contribution in [0.4, 0.5) is 0 Å². The van der Waals surface area contributed by atoms with Crippen LogP contribution < -0.4 is 10.6 Å². The second-order valence-electron chi connectivity index (χ2n) is 4.95. The number of benzene rings is 2. The van der Waals surface area contributed by atoms with Crippen molar-refractivity contribution in [2.45, 2.75) is 5.16 Å². The minimum atomic E-state index is 0.450. The molecule has 0 saturated heterocycles. The first-order chi connectivity index (χ1) is 12.0. The van der Waals surface area contributed by atoms with Gasteiger partial charge in [-0.2, -0.15) is 0 Å². The van der Waals surface area contributed by atoms with Crippen LogP contribution in [-0.2, 0) is 0 Å². The summed E-state index contributed by atoms with van der Waals surface area (Å²) in [5.74, 6) is 7.89. The van der Waals surface area contributed by atoms with Gasteiger partial charge in [-0.05, 0) is 36.4 Å². The van der Waals surface area contributed by atoms with E-state index in [-0.39, 0.29) is 0 Å². The monoisotopic (exact) mass is 414 g/mol. The molecule has 5 nitrogen and oxygen atoms in total. The lowest BCUT2D eigenvalue weighted by Crippen LogP contribution is -2.12. The molecule has 0 atom stereocenters. The first kappa shape index (κ1) is 18.2. The normalized spacial score (nSPS) is 10.8. The van der Waals surface area contributed by atoms with Gasteiger partial charge in [0.05, 0.1) is 11.6 Å². The molecule has 0 radical (unpaired) electrons. The summed E-state index contributed by atoms with van der Waals surface area (Å²) in [5, 5.41) is 10.4. The summed E-state index contributed by atoms with van der Waals surface area (Å²) in [6.45, 7) is 0.477. The zero-order valence-corrected chi connectivity index (χ0v) is 15.9. The van der Waals surface area contributed by atoms with E-state index in [0.29, 0.717) is 49.7 Å². The molecule has 0 fully saturated rings. The predicted octanol–water partition coefficient (Wildman–Crippen LogP) is 4.79. The highest BCUT2D eigenvalue weighted by atomic mass is 35.5. The van der Waals surface area contributed by atoms with Crippen molar-refractivity contribution in [3.63, 3.8) is 0 Å². The molecule has 3 aromatic rings. The van der Waals surface area contributed by atoms with Crippen molar-refractivity contribution in [3.8, 4) is 17.1 Å². The molecular weight excluding hydrogens is 403 g/mol. The molecule has 2 N–H and O–H groups in total. The lowest BCUT2D eigenvalue weighted by atomic mass is 10.2. The second-order valence-corrected chi connectivity index (χ2v) is 7.30. The van der Waals surface area contributed by atoms with Crippen LogP contribution >= 0.6 is 46.6 Å². The smallest absolute Gasteiger partial charge is 0.210 e. The maximum atomic E-state index is 6.19. The number of hydrogen-bond donors (Lipinski definition) is 1. The fraction of sp³-hybridized carbons (Fsp3) is 0.125. The number of hydrogen-bond acceptors (Lipinski definition) is 5. The number of aromatic nitrogens is 3. The van der Waals surface area contributed by atoms with Gasteiger partial charge in [-0.25, -0.2) is 4.68 Å². The molecule has 0 aliphatic rings. The first-order valence-electron chi connectivity index (χ1n) is 7.21. The summed E-state index contributed by atoms with van der Waals surface area (Å²) < 4.78 is 7.02. The zero-order valence-electron chi connectivity index (χ0n) is 12.8. The van der Waals surface area contributed by atoms with E-state index >= 15 is 0 Å². The van der Waals surface area contributed by atoms with Crippen molar-refractivity contribution in [1.82, 2.24) is 14.9 Å². The molecule has 25 heavy (non-hydrogen) atoms. The van der Waals surface area contributed by atoms with Gasteiger partial charge < -0.3 is 10.6 Å². The van der Waals surface area contributed by atoms with Crippen molar-refractivity contribution < 1.29 is 4.74 Å². The van der Waals surface area contributed by atoms with Crippen molar-refractivity contribution in [2.24, 2.45) is 0 Å². The average molecular weight is 416 g/mol. The molecule has 0 unspecified atom stereocenters. The topological polar surface area (TPSA) is 66.0 Å². The Morgan fingerprint density at radius 3 is 2.64 bits per heavy atom. The second kappa shape index (κ2) is 8.19. The Kier molecular flexibility index (Phi) is 5.96. The van der Waals surface area contributed by atoms with Crippen LogP contribution in [-0.4, -0.2) is 27.2 Å². The van der Waals surface area contributed by atoms with E-state index in [1.54, 1.807) is 30.3 Å². The van der Waals surface area contributed by atoms with E-state index in [0.717, 1.165) is 0 Å². The maximum Gasteiger partial charge on any atom is 0.210 e. The Balaban J connectivity index is 1.63. The van der Waals surface area contributed by atoms with Gasteiger partial charge in [-0.3, -0.25) is 0 Å². The molecule has 0 spiro atoms. The minimum Gasteiger partial charge on any atom is -0.493 e. The predicted molar refractivity (Wildman–Crippen MR) is 103 cm³/mol.